The number of hydrogen-bond acceptors (Lipinski definition) is 2. The van der Waals surface area contributed by atoms with Gasteiger partial charge in [0.1, 0.15) is 5.65 Å². The Balaban J connectivity index is 2.44. The number of halogens is 1. The Hall–Kier alpha value is -1.22. The molecule has 4 heteroatoms. The quantitative estimate of drug-likeness (QED) is 0.791. The average molecular weight is 266 g/mol. The Morgan fingerprint density at radius 2 is 2.06 bits per heavy atom. The van der Waals surface area contributed by atoms with Crippen molar-refractivity contribution in [1.29, 1.82) is 0 Å². The van der Waals surface area contributed by atoms with E-state index in [1.807, 2.05) is 24.4 Å². The number of alkyl halides is 1. The molecule has 0 aliphatic carbocycles. The highest BCUT2D eigenvalue weighted by Crippen LogP contribution is 2.25. The van der Waals surface area contributed by atoms with Gasteiger partial charge in [-0.25, -0.2) is 4.98 Å². The van der Waals surface area contributed by atoms with E-state index >= 15 is 0 Å². The van der Waals surface area contributed by atoms with Crippen molar-refractivity contribution in [2.75, 3.05) is 18.5 Å². The van der Waals surface area contributed by atoms with Crippen molar-refractivity contribution >= 4 is 23.1 Å². The van der Waals surface area contributed by atoms with Gasteiger partial charge in [-0.05, 0) is 17.5 Å². The summed E-state index contributed by atoms with van der Waals surface area (Å²) in [7, 11) is 2.07. The topological polar surface area (TPSA) is 20.5 Å². The molecule has 2 aromatic heterocycles. The molecule has 0 fully saturated rings. The number of aromatic nitrogens is 2. The predicted octanol–water partition coefficient (Wildman–Crippen LogP) is 3.56. The second-order valence-electron chi connectivity index (χ2n) is 5.86. The number of nitrogens with zero attached hydrogens (tertiary/aromatic N) is 3. The lowest BCUT2D eigenvalue weighted by atomic mass is 9.96. The van der Waals surface area contributed by atoms with Crippen LogP contribution in [0.1, 0.15) is 26.5 Å². The first-order chi connectivity index (χ1) is 8.42. The van der Waals surface area contributed by atoms with Crippen LogP contribution in [0.2, 0.25) is 0 Å². The van der Waals surface area contributed by atoms with Crippen LogP contribution < -0.4 is 4.90 Å². The molecule has 0 spiro atoms. The van der Waals surface area contributed by atoms with Crippen LogP contribution in [0.25, 0.3) is 5.65 Å². The summed E-state index contributed by atoms with van der Waals surface area (Å²) in [5.41, 5.74) is 2.23. The van der Waals surface area contributed by atoms with E-state index in [9.17, 15) is 0 Å². The highest BCUT2D eigenvalue weighted by atomic mass is 35.5. The molecule has 18 heavy (non-hydrogen) atoms. The van der Waals surface area contributed by atoms with Crippen molar-refractivity contribution < 1.29 is 0 Å². The number of pyridine rings is 1. The zero-order chi connectivity index (χ0) is 13.3. The monoisotopic (exact) mass is 265 g/mol. The average Bonchev–Trinajstić information content (AvgIpc) is 2.65. The molecule has 0 aliphatic rings. The maximum Gasteiger partial charge on any atom is 0.152 e. The van der Waals surface area contributed by atoms with Gasteiger partial charge in [0.05, 0.1) is 11.6 Å². The number of fused-ring (bicyclic) bond motifs is 1. The lowest BCUT2D eigenvalue weighted by Crippen LogP contribution is -2.30. The molecule has 2 aromatic rings. The zero-order valence-electron chi connectivity index (χ0n) is 11.4. The van der Waals surface area contributed by atoms with Gasteiger partial charge in [0, 0.05) is 19.8 Å². The van der Waals surface area contributed by atoms with Gasteiger partial charge < -0.3 is 9.30 Å². The van der Waals surface area contributed by atoms with E-state index in [1.54, 1.807) is 0 Å². The fraction of sp³-hybridized carbons (Fsp3) is 0.500. The molecule has 0 radical (unpaired) electrons. The Bertz CT molecular complexity index is 539. The van der Waals surface area contributed by atoms with E-state index in [0.717, 1.165) is 23.7 Å². The van der Waals surface area contributed by atoms with Crippen LogP contribution in [0, 0.1) is 5.41 Å². The van der Waals surface area contributed by atoms with Crippen molar-refractivity contribution in [1.82, 2.24) is 9.38 Å². The van der Waals surface area contributed by atoms with E-state index in [1.165, 1.54) is 0 Å². The summed E-state index contributed by atoms with van der Waals surface area (Å²) >= 11 is 6.08. The number of rotatable bonds is 3. The minimum Gasteiger partial charge on any atom is -0.358 e. The second-order valence-corrected chi connectivity index (χ2v) is 6.13. The van der Waals surface area contributed by atoms with Crippen LogP contribution in [0.3, 0.4) is 0 Å². The molecule has 0 aliphatic heterocycles. The van der Waals surface area contributed by atoms with E-state index in [0.29, 0.717) is 5.88 Å². The van der Waals surface area contributed by atoms with Crippen molar-refractivity contribution in [2.24, 2.45) is 5.41 Å². The van der Waals surface area contributed by atoms with Gasteiger partial charge in [0.2, 0.25) is 0 Å². The van der Waals surface area contributed by atoms with Crippen molar-refractivity contribution in [3.8, 4) is 0 Å². The molecule has 3 nitrogen and oxygen atoms in total. The molecule has 0 N–H and O–H groups in total. The molecular weight excluding hydrogens is 246 g/mol. The highest BCUT2D eigenvalue weighted by molar-refractivity contribution is 6.17. The largest absolute Gasteiger partial charge is 0.358 e. The highest BCUT2D eigenvalue weighted by Gasteiger charge is 2.19. The molecule has 98 valence electrons. The number of imidazole rings is 1. The summed E-state index contributed by atoms with van der Waals surface area (Å²) in [4.78, 5) is 6.86. The molecule has 0 bridgehead atoms. The predicted molar refractivity (Wildman–Crippen MR) is 77.5 cm³/mol. The van der Waals surface area contributed by atoms with Gasteiger partial charge in [-0.3, -0.25) is 0 Å². The minimum absolute atomic E-state index is 0.230. The second kappa shape index (κ2) is 4.81. The van der Waals surface area contributed by atoms with Crippen LogP contribution in [0.5, 0.6) is 0 Å². The van der Waals surface area contributed by atoms with Gasteiger partial charge in [0.25, 0.3) is 0 Å². The van der Waals surface area contributed by atoms with Crippen molar-refractivity contribution in [2.45, 2.75) is 26.7 Å². The van der Waals surface area contributed by atoms with E-state index in [4.69, 9.17) is 11.6 Å². The molecule has 0 atom stereocenters. The molecule has 0 aromatic carbocycles. The van der Waals surface area contributed by atoms with E-state index in [-0.39, 0.29) is 5.41 Å². The van der Waals surface area contributed by atoms with Crippen molar-refractivity contribution in [3.63, 3.8) is 0 Å². The summed E-state index contributed by atoms with van der Waals surface area (Å²) in [5.74, 6) is 1.45. The fourth-order valence-electron chi connectivity index (χ4n) is 2.25. The van der Waals surface area contributed by atoms with Gasteiger partial charge in [0.15, 0.2) is 5.82 Å². The third-order valence-electron chi connectivity index (χ3n) is 2.81. The van der Waals surface area contributed by atoms with Gasteiger partial charge in [-0.2, -0.15) is 0 Å². The molecular formula is C14H20ClN3. The molecule has 0 saturated carbocycles. The Kier molecular flexibility index (Phi) is 3.53. The van der Waals surface area contributed by atoms with Gasteiger partial charge in [-0.15, -0.1) is 11.6 Å². The zero-order valence-corrected chi connectivity index (χ0v) is 12.2. The molecule has 0 saturated heterocycles. The Morgan fingerprint density at radius 1 is 1.33 bits per heavy atom. The van der Waals surface area contributed by atoms with Gasteiger partial charge in [-0.1, -0.05) is 26.8 Å². The SMILES string of the molecule is CN(CC(C)(C)C)c1nc2ccccn2c1CCl. The standard InChI is InChI=1S/C14H20ClN3/c1-14(2,3)10-17(4)13-11(9-15)18-8-6-5-7-12(18)16-13/h5-8H,9-10H2,1-4H3. The first kappa shape index (κ1) is 13.2. The summed E-state index contributed by atoms with van der Waals surface area (Å²) < 4.78 is 2.06. The van der Waals surface area contributed by atoms with Crippen LogP contribution in [0.15, 0.2) is 24.4 Å². The Labute approximate surface area is 113 Å². The first-order valence-electron chi connectivity index (χ1n) is 6.15. The lowest BCUT2D eigenvalue weighted by molar-refractivity contribution is 0.418. The summed E-state index contributed by atoms with van der Waals surface area (Å²) in [6.45, 7) is 7.61. The number of hydrogen-bond donors (Lipinski definition) is 0. The summed E-state index contributed by atoms with van der Waals surface area (Å²) in [6.07, 6.45) is 2.01. The van der Waals surface area contributed by atoms with Crippen molar-refractivity contribution in [3.05, 3.63) is 30.1 Å². The molecule has 2 heterocycles. The smallest absolute Gasteiger partial charge is 0.152 e. The fourth-order valence-corrected chi connectivity index (χ4v) is 2.50. The van der Waals surface area contributed by atoms with Crippen LogP contribution in [-0.4, -0.2) is 23.0 Å². The van der Waals surface area contributed by atoms with E-state index < -0.39 is 0 Å². The summed E-state index contributed by atoms with van der Waals surface area (Å²) in [6, 6.07) is 6.00. The first-order valence-corrected chi connectivity index (χ1v) is 6.69. The maximum absolute atomic E-state index is 6.08. The normalized spacial score (nSPS) is 12.1. The minimum atomic E-state index is 0.230. The van der Waals surface area contributed by atoms with Crippen LogP contribution in [-0.2, 0) is 5.88 Å². The summed E-state index contributed by atoms with van der Waals surface area (Å²) in [5, 5.41) is 0. The molecule has 0 unspecified atom stereocenters. The lowest BCUT2D eigenvalue weighted by Gasteiger charge is -2.27. The van der Waals surface area contributed by atoms with Crippen LogP contribution in [0.4, 0.5) is 5.82 Å². The van der Waals surface area contributed by atoms with Gasteiger partial charge >= 0.3 is 0 Å². The molecule has 0 amide bonds. The third kappa shape index (κ3) is 2.61. The van der Waals surface area contributed by atoms with E-state index in [2.05, 4.69) is 42.1 Å². The van der Waals surface area contributed by atoms with Crippen LogP contribution >= 0.6 is 11.6 Å². The number of anilines is 1. The Morgan fingerprint density at radius 3 is 2.67 bits per heavy atom. The molecule has 2 rings (SSSR count). The third-order valence-corrected chi connectivity index (χ3v) is 3.06. The maximum atomic E-state index is 6.08.